The summed E-state index contributed by atoms with van der Waals surface area (Å²) >= 11 is 3.52. The second kappa shape index (κ2) is 5.88. The summed E-state index contributed by atoms with van der Waals surface area (Å²) in [6.07, 6.45) is 5.95. The van der Waals surface area contributed by atoms with E-state index >= 15 is 0 Å². The Morgan fingerprint density at radius 3 is 2.80 bits per heavy atom. The number of hydrogen-bond acceptors (Lipinski definition) is 2. The molecule has 0 amide bonds. The summed E-state index contributed by atoms with van der Waals surface area (Å²) in [7, 11) is 0. The van der Waals surface area contributed by atoms with Crippen molar-refractivity contribution in [2.75, 3.05) is 6.61 Å². The number of ether oxygens (including phenoxy) is 1. The van der Waals surface area contributed by atoms with Crippen LogP contribution in [0.3, 0.4) is 0 Å². The van der Waals surface area contributed by atoms with Gasteiger partial charge in [-0.1, -0.05) is 13.3 Å². The molecule has 0 heterocycles. The van der Waals surface area contributed by atoms with Gasteiger partial charge in [-0.05, 0) is 71.6 Å². The molecule has 2 aliphatic carbocycles. The molecule has 0 aliphatic heterocycles. The van der Waals surface area contributed by atoms with Crippen molar-refractivity contribution in [3.05, 3.63) is 28.2 Å². The minimum atomic E-state index is 0.267. The van der Waals surface area contributed by atoms with Gasteiger partial charge in [-0.2, -0.15) is 0 Å². The molecule has 0 radical (unpaired) electrons. The zero-order chi connectivity index (χ0) is 14.1. The van der Waals surface area contributed by atoms with Crippen LogP contribution in [0.2, 0.25) is 0 Å². The molecule has 3 heteroatoms. The molecular weight excluding hydrogens is 316 g/mol. The van der Waals surface area contributed by atoms with Crippen LogP contribution in [-0.2, 0) is 0 Å². The van der Waals surface area contributed by atoms with Gasteiger partial charge in [0.15, 0.2) is 5.78 Å². The van der Waals surface area contributed by atoms with E-state index in [4.69, 9.17) is 4.74 Å². The molecule has 0 saturated heterocycles. The molecule has 0 N–H and O–H groups in total. The van der Waals surface area contributed by atoms with Crippen molar-refractivity contribution in [3.8, 4) is 5.75 Å². The zero-order valence-electron chi connectivity index (χ0n) is 11.9. The monoisotopic (exact) mass is 336 g/mol. The van der Waals surface area contributed by atoms with Gasteiger partial charge in [-0.15, -0.1) is 0 Å². The van der Waals surface area contributed by atoms with Crippen LogP contribution >= 0.6 is 15.9 Å². The van der Waals surface area contributed by atoms with Gasteiger partial charge in [-0.3, -0.25) is 4.79 Å². The lowest BCUT2D eigenvalue weighted by Crippen LogP contribution is -2.21. The van der Waals surface area contributed by atoms with E-state index in [0.29, 0.717) is 18.3 Å². The van der Waals surface area contributed by atoms with Crippen LogP contribution in [0.5, 0.6) is 5.75 Å². The van der Waals surface area contributed by atoms with Crippen LogP contribution in [-0.4, -0.2) is 12.4 Å². The normalized spacial score (nSPS) is 27.8. The van der Waals surface area contributed by atoms with Crippen molar-refractivity contribution in [3.63, 3.8) is 0 Å². The molecule has 1 aromatic carbocycles. The van der Waals surface area contributed by atoms with E-state index in [1.807, 2.05) is 18.2 Å². The van der Waals surface area contributed by atoms with Crippen molar-refractivity contribution >= 4 is 21.7 Å². The Hall–Kier alpha value is -0.830. The number of rotatable bonds is 5. The Bertz CT molecular complexity index is 512. The predicted molar refractivity (Wildman–Crippen MR) is 83.2 cm³/mol. The fraction of sp³-hybridized carbons (Fsp3) is 0.588. The summed E-state index contributed by atoms with van der Waals surface area (Å²) in [5, 5.41) is 0. The third kappa shape index (κ3) is 2.65. The summed E-state index contributed by atoms with van der Waals surface area (Å²) in [5.74, 6) is 2.88. The molecule has 2 aliphatic rings. The molecule has 2 bridgehead atoms. The third-order valence-corrected chi connectivity index (χ3v) is 5.37. The zero-order valence-corrected chi connectivity index (χ0v) is 13.5. The van der Waals surface area contributed by atoms with Gasteiger partial charge < -0.3 is 4.74 Å². The molecule has 3 rings (SSSR count). The number of fused-ring (bicyclic) bond motifs is 2. The number of carbonyl (C=O) groups excluding carboxylic acids is 1. The molecule has 0 aromatic heterocycles. The summed E-state index contributed by atoms with van der Waals surface area (Å²) in [4.78, 5) is 12.7. The second-order valence-electron chi connectivity index (χ2n) is 6.14. The molecule has 0 spiro atoms. The molecule has 2 fully saturated rings. The lowest BCUT2D eigenvalue weighted by molar-refractivity contribution is 0.0874. The van der Waals surface area contributed by atoms with Crippen molar-refractivity contribution in [2.24, 2.45) is 17.8 Å². The summed E-state index contributed by atoms with van der Waals surface area (Å²) in [6.45, 7) is 2.79. The fourth-order valence-electron chi connectivity index (χ4n) is 3.76. The van der Waals surface area contributed by atoms with Crippen molar-refractivity contribution in [1.82, 2.24) is 0 Å². The Balaban J connectivity index is 1.73. The van der Waals surface area contributed by atoms with Gasteiger partial charge in [0.25, 0.3) is 0 Å². The second-order valence-corrected chi connectivity index (χ2v) is 6.99. The SMILES string of the molecule is CCCOc1ccc(C(=O)C2CC3CCC2C3)cc1Br. The summed E-state index contributed by atoms with van der Waals surface area (Å²) < 4.78 is 6.53. The molecule has 108 valence electrons. The Morgan fingerprint density at radius 1 is 1.35 bits per heavy atom. The fourth-order valence-corrected chi connectivity index (χ4v) is 4.26. The molecular formula is C17H21BrO2. The number of benzene rings is 1. The van der Waals surface area contributed by atoms with Gasteiger partial charge >= 0.3 is 0 Å². The number of carbonyl (C=O) groups is 1. The first kappa shape index (κ1) is 14.1. The van der Waals surface area contributed by atoms with Crippen molar-refractivity contribution in [1.29, 1.82) is 0 Å². The highest BCUT2D eigenvalue weighted by molar-refractivity contribution is 9.10. The van der Waals surface area contributed by atoms with E-state index < -0.39 is 0 Å². The maximum Gasteiger partial charge on any atom is 0.166 e. The first-order valence-electron chi connectivity index (χ1n) is 7.65. The number of hydrogen-bond donors (Lipinski definition) is 0. The summed E-state index contributed by atoms with van der Waals surface area (Å²) in [6, 6.07) is 5.77. The molecule has 20 heavy (non-hydrogen) atoms. The lowest BCUT2D eigenvalue weighted by atomic mass is 9.83. The minimum absolute atomic E-state index is 0.267. The highest BCUT2D eigenvalue weighted by Crippen LogP contribution is 2.49. The molecule has 2 nitrogen and oxygen atoms in total. The van der Waals surface area contributed by atoms with Gasteiger partial charge in [-0.25, -0.2) is 0 Å². The highest BCUT2D eigenvalue weighted by atomic mass is 79.9. The standard InChI is InChI=1S/C17H21BrO2/c1-2-7-20-16-6-5-13(10-15(16)18)17(19)14-9-11-3-4-12(14)8-11/h5-6,10-12,14H,2-4,7-9H2,1H3. The average molecular weight is 337 g/mol. The topological polar surface area (TPSA) is 26.3 Å². The lowest BCUT2D eigenvalue weighted by Gasteiger charge is -2.20. The number of halogens is 1. The van der Waals surface area contributed by atoms with Crippen LogP contribution < -0.4 is 4.74 Å². The first-order chi connectivity index (χ1) is 9.69. The van der Waals surface area contributed by atoms with Crippen molar-refractivity contribution in [2.45, 2.75) is 39.0 Å². The van der Waals surface area contributed by atoms with Gasteiger partial charge in [0.1, 0.15) is 5.75 Å². The molecule has 2 saturated carbocycles. The minimum Gasteiger partial charge on any atom is -0.492 e. The van der Waals surface area contributed by atoms with E-state index in [2.05, 4.69) is 22.9 Å². The van der Waals surface area contributed by atoms with E-state index in [1.165, 1.54) is 19.3 Å². The Morgan fingerprint density at radius 2 is 2.20 bits per heavy atom. The van der Waals surface area contributed by atoms with Crippen LogP contribution in [0.15, 0.2) is 22.7 Å². The largest absolute Gasteiger partial charge is 0.492 e. The maximum atomic E-state index is 12.7. The average Bonchev–Trinajstić information content (AvgIpc) is 3.08. The Kier molecular flexibility index (Phi) is 4.16. The van der Waals surface area contributed by atoms with E-state index in [9.17, 15) is 4.79 Å². The smallest absolute Gasteiger partial charge is 0.166 e. The number of ketones is 1. The van der Waals surface area contributed by atoms with Gasteiger partial charge in [0, 0.05) is 11.5 Å². The Labute approximate surface area is 129 Å². The van der Waals surface area contributed by atoms with Crippen LogP contribution in [0.4, 0.5) is 0 Å². The van der Waals surface area contributed by atoms with E-state index in [-0.39, 0.29) is 5.92 Å². The van der Waals surface area contributed by atoms with Gasteiger partial charge in [0.05, 0.1) is 11.1 Å². The van der Waals surface area contributed by atoms with Gasteiger partial charge in [0.2, 0.25) is 0 Å². The number of Topliss-reactive ketones (excluding diaryl/α,β-unsaturated/α-hetero) is 1. The molecule has 1 aromatic rings. The summed E-state index contributed by atoms with van der Waals surface area (Å²) in [5.41, 5.74) is 0.832. The van der Waals surface area contributed by atoms with E-state index in [1.54, 1.807) is 0 Å². The van der Waals surface area contributed by atoms with Crippen molar-refractivity contribution < 1.29 is 9.53 Å². The van der Waals surface area contributed by atoms with Crippen LogP contribution in [0.1, 0.15) is 49.4 Å². The first-order valence-corrected chi connectivity index (χ1v) is 8.45. The molecule has 3 atom stereocenters. The molecule has 3 unspecified atom stereocenters. The maximum absolute atomic E-state index is 12.7. The quantitative estimate of drug-likeness (QED) is 0.718. The predicted octanol–water partition coefficient (Wildman–Crippen LogP) is 4.86. The third-order valence-electron chi connectivity index (χ3n) is 4.75. The van der Waals surface area contributed by atoms with Crippen LogP contribution in [0, 0.1) is 17.8 Å². The van der Waals surface area contributed by atoms with Crippen LogP contribution in [0.25, 0.3) is 0 Å². The highest BCUT2D eigenvalue weighted by Gasteiger charge is 2.43. The van der Waals surface area contributed by atoms with E-state index in [0.717, 1.165) is 34.5 Å².